The van der Waals surface area contributed by atoms with Gasteiger partial charge in [0.15, 0.2) is 0 Å². The number of halogens is 1. The Morgan fingerprint density at radius 2 is 2.04 bits per heavy atom. The summed E-state index contributed by atoms with van der Waals surface area (Å²) >= 11 is 0. The number of rotatable bonds is 8. The van der Waals surface area contributed by atoms with Crippen LogP contribution in [0.2, 0.25) is 0 Å². The third-order valence-corrected chi connectivity index (χ3v) is 3.52. The molecule has 0 aliphatic rings. The Hall–Kier alpha value is -2.25. The van der Waals surface area contributed by atoms with Crippen molar-refractivity contribution < 1.29 is 13.9 Å². The highest BCUT2D eigenvalue weighted by molar-refractivity contribution is 5.94. The van der Waals surface area contributed by atoms with Crippen LogP contribution in [0.3, 0.4) is 0 Å². The Balaban J connectivity index is 1.96. The topological polar surface area (TPSA) is 68.2 Å². The summed E-state index contributed by atoms with van der Waals surface area (Å²) in [6, 6.07) is 6.28. The molecule has 1 amide bonds. The Labute approximate surface area is 141 Å². The number of aryl methyl sites for hydroxylation is 2. The van der Waals surface area contributed by atoms with E-state index in [0.717, 1.165) is 17.9 Å². The molecule has 24 heavy (non-hydrogen) atoms. The summed E-state index contributed by atoms with van der Waals surface area (Å²) in [6.45, 7) is 6.14. The van der Waals surface area contributed by atoms with Gasteiger partial charge < -0.3 is 15.4 Å². The van der Waals surface area contributed by atoms with Gasteiger partial charge >= 0.3 is 0 Å². The van der Waals surface area contributed by atoms with Gasteiger partial charge in [-0.2, -0.15) is 5.10 Å². The van der Waals surface area contributed by atoms with E-state index in [9.17, 15) is 9.18 Å². The van der Waals surface area contributed by atoms with E-state index in [0.29, 0.717) is 25.4 Å². The lowest BCUT2D eigenvalue weighted by Crippen LogP contribution is -2.33. The molecule has 1 aromatic carbocycles. The largest absolute Gasteiger partial charge is 0.383 e. The second-order valence-electron chi connectivity index (χ2n) is 5.50. The fourth-order valence-electron chi connectivity index (χ4n) is 2.36. The molecule has 1 aromatic heterocycles. The molecular weight excluding hydrogens is 311 g/mol. The van der Waals surface area contributed by atoms with Gasteiger partial charge in [0.25, 0.3) is 5.91 Å². The third kappa shape index (κ3) is 4.62. The van der Waals surface area contributed by atoms with Crippen LogP contribution >= 0.6 is 0 Å². The first-order valence-electron chi connectivity index (χ1n) is 7.84. The third-order valence-electron chi connectivity index (χ3n) is 3.52. The highest BCUT2D eigenvalue weighted by atomic mass is 19.1. The minimum Gasteiger partial charge on any atom is -0.383 e. The molecule has 0 atom stereocenters. The molecule has 0 spiro atoms. The molecule has 0 aliphatic heterocycles. The highest BCUT2D eigenvalue weighted by Gasteiger charge is 2.12. The summed E-state index contributed by atoms with van der Waals surface area (Å²) < 4.78 is 20.8. The minimum absolute atomic E-state index is 0.287. The first-order valence-corrected chi connectivity index (χ1v) is 7.84. The molecule has 1 heterocycles. The molecule has 0 saturated carbocycles. The lowest BCUT2D eigenvalue weighted by atomic mass is 10.2. The van der Waals surface area contributed by atoms with Crippen LogP contribution in [0.5, 0.6) is 0 Å². The zero-order valence-electron chi connectivity index (χ0n) is 14.2. The summed E-state index contributed by atoms with van der Waals surface area (Å²) in [5, 5.41) is 10.1. The first kappa shape index (κ1) is 18.1. The molecule has 2 N–H and O–H groups in total. The van der Waals surface area contributed by atoms with Gasteiger partial charge in [0.2, 0.25) is 0 Å². The summed E-state index contributed by atoms with van der Waals surface area (Å²) in [5.41, 5.74) is 2.27. The summed E-state index contributed by atoms with van der Waals surface area (Å²) in [6.07, 6.45) is 0. The van der Waals surface area contributed by atoms with Crippen molar-refractivity contribution in [2.45, 2.75) is 13.8 Å². The monoisotopic (exact) mass is 334 g/mol. The van der Waals surface area contributed by atoms with E-state index in [1.807, 2.05) is 19.9 Å². The van der Waals surface area contributed by atoms with E-state index in [1.165, 1.54) is 10.7 Å². The first-order chi connectivity index (χ1) is 11.5. The van der Waals surface area contributed by atoms with Crippen LogP contribution in [0.25, 0.3) is 5.69 Å². The number of amides is 1. The molecule has 6 nitrogen and oxygen atoms in total. The molecule has 0 bridgehead atoms. The fourth-order valence-corrected chi connectivity index (χ4v) is 2.36. The maximum atomic E-state index is 14.3. The number of aromatic nitrogens is 2. The van der Waals surface area contributed by atoms with Gasteiger partial charge in [0.05, 0.1) is 12.3 Å². The van der Waals surface area contributed by atoms with Crippen molar-refractivity contribution >= 4 is 5.91 Å². The molecule has 130 valence electrons. The van der Waals surface area contributed by atoms with Gasteiger partial charge in [-0.1, -0.05) is 0 Å². The summed E-state index contributed by atoms with van der Waals surface area (Å²) in [4.78, 5) is 12.1. The second-order valence-corrected chi connectivity index (χ2v) is 5.50. The predicted octanol–water partition coefficient (Wildman–Crippen LogP) is 1.59. The van der Waals surface area contributed by atoms with Crippen molar-refractivity contribution in [1.29, 1.82) is 0 Å². The van der Waals surface area contributed by atoms with Crippen molar-refractivity contribution in [1.82, 2.24) is 20.4 Å². The fraction of sp³-hybridized carbons (Fsp3) is 0.412. The van der Waals surface area contributed by atoms with Crippen molar-refractivity contribution in [3.63, 3.8) is 0 Å². The molecule has 0 aliphatic carbocycles. The number of ether oxygens (including phenoxy) is 1. The Morgan fingerprint density at radius 1 is 1.25 bits per heavy atom. The van der Waals surface area contributed by atoms with Crippen LogP contribution in [-0.4, -0.2) is 49.0 Å². The standard InChI is InChI=1S/C17H23FN4O2/c1-12-10-13(2)22(21-12)16-5-4-14(11-15(16)18)17(23)20-7-6-19-8-9-24-3/h4-5,10-11,19H,6-9H2,1-3H3,(H,20,23). The number of hydrogen-bond acceptors (Lipinski definition) is 4. The van der Waals surface area contributed by atoms with Crippen LogP contribution in [0, 0.1) is 19.7 Å². The van der Waals surface area contributed by atoms with E-state index in [-0.39, 0.29) is 11.5 Å². The number of methoxy groups -OCH3 is 1. The number of benzene rings is 1. The number of hydrogen-bond donors (Lipinski definition) is 2. The quantitative estimate of drug-likeness (QED) is 0.720. The number of nitrogens with one attached hydrogen (secondary N) is 2. The maximum absolute atomic E-state index is 14.3. The number of nitrogens with zero attached hydrogens (tertiary/aromatic N) is 2. The van der Waals surface area contributed by atoms with E-state index in [2.05, 4.69) is 15.7 Å². The molecule has 0 unspecified atom stereocenters. The van der Waals surface area contributed by atoms with Crippen molar-refractivity contribution in [3.05, 3.63) is 47.0 Å². The average Bonchev–Trinajstić information content (AvgIpc) is 2.88. The van der Waals surface area contributed by atoms with Gasteiger partial charge in [0.1, 0.15) is 11.5 Å². The second kappa shape index (κ2) is 8.56. The van der Waals surface area contributed by atoms with Crippen LogP contribution in [0.1, 0.15) is 21.7 Å². The molecule has 2 aromatic rings. The van der Waals surface area contributed by atoms with Gasteiger partial charge in [-0.05, 0) is 38.1 Å². The van der Waals surface area contributed by atoms with Crippen LogP contribution in [0.4, 0.5) is 4.39 Å². The smallest absolute Gasteiger partial charge is 0.251 e. The zero-order valence-corrected chi connectivity index (χ0v) is 14.2. The number of carbonyl (C=O) groups is 1. The molecule has 0 fully saturated rings. The SMILES string of the molecule is COCCNCCNC(=O)c1ccc(-n2nc(C)cc2C)c(F)c1. The minimum atomic E-state index is -0.480. The lowest BCUT2D eigenvalue weighted by Gasteiger charge is -2.09. The Kier molecular flexibility index (Phi) is 6.45. The van der Waals surface area contributed by atoms with E-state index in [4.69, 9.17) is 4.74 Å². The Morgan fingerprint density at radius 3 is 2.67 bits per heavy atom. The number of carbonyl (C=O) groups excluding carboxylic acids is 1. The molecule has 0 saturated heterocycles. The zero-order chi connectivity index (χ0) is 17.5. The maximum Gasteiger partial charge on any atom is 0.251 e. The van der Waals surface area contributed by atoms with E-state index in [1.54, 1.807) is 19.2 Å². The summed E-state index contributed by atoms with van der Waals surface area (Å²) in [7, 11) is 1.63. The normalized spacial score (nSPS) is 10.8. The van der Waals surface area contributed by atoms with Gasteiger partial charge in [-0.25, -0.2) is 9.07 Å². The van der Waals surface area contributed by atoms with Crippen molar-refractivity contribution in [2.75, 3.05) is 33.4 Å². The van der Waals surface area contributed by atoms with Crippen LogP contribution < -0.4 is 10.6 Å². The average molecular weight is 334 g/mol. The molecular formula is C17H23FN4O2. The van der Waals surface area contributed by atoms with Crippen molar-refractivity contribution in [2.24, 2.45) is 0 Å². The summed E-state index contributed by atoms with van der Waals surface area (Å²) in [5.74, 6) is -0.783. The highest BCUT2D eigenvalue weighted by Crippen LogP contribution is 2.17. The van der Waals surface area contributed by atoms with Gasteiger partial charge in [-0.15, -0.1) is 0 Å². The van der Waals surface area contributed by atoms with Crippen LogP contribution in [-0.2, 0) is 4.74 Å². The Bertz CT molecular complexity index is 700. The predicted molar refractivity (Wildman–Crippen MR) is 90.1 cm³/mol. The molecule has 2 rings (SSSR count). The van der Waals surface area contributed by atoms with Gasteiger partial charge in [-0.3, -0.25) is 4.79 Å². The van der Waals surface area contributed by atoms with E-state index >= 15 is 0 Å². The lowest BCUT2D eigenvalue weighted by molar-refractivity contribution is 0.0953. The van der Waals surface area contributed by atoms with Crippen LogP contribution in [0.15, 0.2) is 24.3 Å². The molecule has 7 heteroatoms. The van der Waals surface area contributed by atoms with E-state index < -0.39 is 5.82 Å². The molecule has 0 radical (unpaired) electrons. The van der Waals surface area contributed by atoms with Crippen molar-refractivity contribution in [3.8, 4) is 5.69 Å². The van der Waals surface area contributed by atoms with Gasteiger partial charge in [0, 0.05) is 38.0 Å².